The van der Waals surface area contributed by atoms with Gasteiger partial charge in [0.2, 0.25) is 0 Å². The maximum Gasteiger partial charge on any atom is 0.288 e. The first-order chi connectivity index (χ1) is 21.4. The van der Waals surface area contributed by atoms with Crippen LogP contribution in [0.15, 0.2) is 76.7 Å². The van der Waals surface area contributed by atoms with Gasteiger partial charge in [0, 0.05) is 35.7 Å². The van der Waals surface area contributed by atoms with Crippen LogP contribution in [0.25, 0.3) is 11.1 Å². The van der Waals surface area contributed by atoms with Crippen LogP contribution in [0.2, 0.25) is 10.0 Å². The normalized spacial score (nSPS) is 21.8. The maximum atomic E-state index is 12.1. The Labute approximate surface area is 270 Å². The lowest BCUT2D eigenvalue weighted by Gasteiger charge is -2.36. The molecule has 0 radical (unpaired) electrons. The van der Waals surface area contributed by atoms with Gasteiger partial charge in [0.1, 0.15) is 26.9 Å². The first kappa shape index (κ1) is 32.1. The quantitative estimate of drug-likeness (QED) is 0.173. The Hall–Kier alpha value is -4.34. The number of nitro benzene ring substituents is 2. The lowest BCUT2D eigenvalue weighted by molar-refractivity contribution is -0.384. The summed E-state index contributed by atoms with van der Waals surface area (Å²) in [5, 5.41) is 35.4. The molecule has 0 aliphatic carbocycles. The standard InChI is InChI=1S/C34H32Cl2N4O5/c1-5-20(3)33(16-24(18-37-33)22-10-12-28(35)30(14-22)39(42)43)26-8-7-9-27(32(26)41)34(21(4)6-2)17-25(19-38-34)23-11-13-29(36)31(15-23)40(44)45/h7-21,41H,5-6H2,1-4H3. The van der Waals surface area contributed by atoms with Crippen LogP contribution in [0, 0.1) is 32.1 Å². The molecule has 9 nitrogen and oxygen atoms in total. The number of phenolic OH excluding ortho intramolecular Hbond substituents is 1. The van der Waals surface area contributed by atoms with Gasteiger partial charge in [-0.25, -0.2) is 0 Å². The Bertz CT molecular complexity index is 1710. The minimum absolute atomic E-state index is 0.0471. The summed E-state index contributed by atoms with van der Waals surface area (Å²) in [6.07, 6.45) is 8.76. The van der Waals surface area contributed by atoms with Crippen molar-refractivity contribution in [2.45, 2.75) is 51.6 Å². The van der Waals surface area contributed by atoms with Crippen molar-refractivity contribution in [3.8, 4) is 5.75 Å². The van der Waals surface area contributed by atoms with Gasteiger partial charge < -0.3 is 5.11 Å². The fraction of sp³-hybridized carbons (Fsp3) is 0.294. The number of hydrogen-bond donors (Lipinski definition) is 1. The topological polar surface area (TPSA) is 131 Å². The van der Waals surface area contributed by atoms with Gasteiger partial charge in [-0.3, -0.25) is 30.2 Å². The molecule has 2 heterocycles. The van der Waals surface area contributed by atoms with Crippen LogP contribution in [0.4, 0.5) is 11.4 Å². The number of hydrogen-bond acceptors (Lipinski definition) is 7. The van der Waals surface area contributed by atoms with Crippen molar-refractivity contribution in [3.63, 3.8) is 0 Å². The zero-order valence-electron chi connectivity index (χ0n) is 25.2. The highest BCUT2D eigenvalue weighted by Crippen LogP contribution is 2.52. The van der Waals surface area contributed by atoms with Gasteiger partial charge >= 0.3 is 0 Å². The molecule has 4 atom stereocenters. The Morgan fingerprint density at radius 2 is 1.16 bits per heavy atom. The molecule has 2 aliphatic rings. The van der Waals surface area contributed by atoms with Gasteiger partial charge in [-0.1, -0.05) is 94.1 Å². The molecule has 0 bridgehead atoms. The first-order valence-electron chi connectivity index (χ1n) is 14.7. The van der Waals surface area contributed by atoms with Gasteiger partial charge in [0.15, 0.2) is 0 Å². The molecule has 3 aromatic carbocycles. The predicted octanol–water partition coefficient (Wildman–Crippen LogP) is 9.33. The van der Waals surface area contributed by atoms with E-state index in [1.165, 1.54) is 24.3 Å². The number of aliphatic imine (C=N–C) groups is 2. The number of phenols is 1. The minimum atomic E-state index is -0.957. The van der Waals surface area contributed by atoms with E-state index in [2.05, 4.69) is 13.8 Å². The van der Waals surface area contributed by atoms with Gasteiger partial charge in [-0.2, -0.15) is 0 Å². The summed E-state index contributed by atoms with van der Waals surface area (Å²) in [5.41, 5.74) is 1.42. The van der Waals surface area contributed by atoms with E-state index in [0.29, 0.717) is 33.4 Å². The molecule has 3 aromatic rings. The van der Waals surface area contributed by atoms with Crippen LogP contribution >= 0.6 is 23.2 Å². The van der Waals surface area contributed by atoms with E-state index in [4.69, 9.17) is 33.2 Å². The number of nitro groups is 2. The number of benzene rings is 3. The van der Waals surface area contributed by atoms with E-state index in [0.717, 1.165) is 12.8 Å². The monoisotopic (exact) mass is 646 g/mol. The summed E-state index contributed by atoms with van der Waals surface area (Å²) < 4.78 is 0. The average Bonchev–Trinajstić information content (AvgIpc) is 3.68. The molecule has 1 N–H and O–H groups in total. The van der Waals surface area contributed by atoms with E-state index >= 15 is 0 Å². The van der Waals surface area contributed by atoms with E-state index in [-0.39, 0.29) is 39.0 Å². The van der Waals surface area contributed by atoms with Gasteiger partial charge in [-0.15, -0.1) is 0 Å². The summed E-state index contributed by atoms with van der Waals surface area (Å²) in [5.74, 6) is -0.0596. The summed E-state index contributed by atoms with van der Waals surface area (Å²) in [4.78, 5) is 32.0. The molecule has 0 aromatic heterocycles. The third-order valence-corrected chi connectivity index (χ3v) is 9.80. The first-order valence-corrected chi connectivity index (χ1v) is 15.4. The highest BCUT2D eigenvalue weighted by atomic mass is 35.5. The van der Waals surface area contributed by atoms with Crippen molar-refractivity contribution >= 4 is 58.2 Å². The summed E-state index contributed by atoms with van der Waals surface area (Å²) in [6, 6.07) is 14.9. The number of aromatic hydroxyl groups is 1. The fourth-order valence-electron chi connectivity index (χ4n) is 6.13. The van der Waals surface area contributed by atoms with Crippen molar-refractivity contribution in [2.75, 3.05) is 0 Å². The summed E-state index contributed by atoms with van der Waals surface area (Å²) in [6.45, 7) is 8.20. The van der Waals surface area contributed by atoms with Crippen LogP contribution < -0.4 is 0 Å². The maximum absolute atomic E-state index is 12.1. The van der Waals surface area contributed by atoms with Crippen LogP contribution in [-0.2, 0) is 11.1 Å². The second kappa shape index (κ2) is 12.2. The molecule has 0 fully saturated rings. The van der Waals surface area contributed by atoms with Gasteiger partial charge in [0.25, 0.3) is 11.4 Å². The zero-order valence-corrected chi connectivity index (χ0v) is 26.7. The lowest BCUT2D eigenvalue weighted by Crippen LogP contribution is -2.31. The molecular weight excluding hydrogens is 615 g/mol. The van der Waals surface area contributed by atoms with E-state index in [1.54, 1.807) is 24.6 Å². The smallest absolute Gasteiger partial charge is 0.288 e. The second-order valence-corrected chi connectivity index (χ2v) is 12.3. The summed E-state index contributed by atoms with van der Waals surface area (Å²) in [7, 11) is 0. The van der Waals surface area contributed by atoms with Crippen LogP contribution in [0.3, 0.4) is 0 Å². The predicted molar refractivity (Wildman–Crippen MR) is 180 cm³/mol. The number of para-hydroxylation sites is 1. The molecule has 5 rings (SSSR count). The van der Waals surface area contributed by atoms with E-state index in [9.17, 15) is 25.3 Å². The summed E-state index contributed by atoms with van der Waals surface area (Å²) >= 11 is 12.1. The van der Waals surface area contributed by atoms with Crippen molar-refractivity contribution in [3.05, 3.63) is 119 Å². The molecule has 232 valence electrons. The Morgan fingerprint density at radius 3 is 1.51 bits per heavy atom. The molecule has 2 aliphatic heterocycles. The molecule has 11 heteroatoms. The van der Waals surface area contributed by atoms with E-state index in [1.807, 2.05) is 44.2 Å². The third-order valence-electron chi connectivity index (χ3n) is 9.16. The number of allylic oxidation sites excluding steroid dienone is 2. The van der Waals surface area contributed by atoms with Crippen molar-refractivity contribution in [1.29, 1.82) is 0 Å². The number of rotatable bonds is 10. The Kier molecular flexibility index (Phi) is 8.70. The molecular formula is C34H32Cl2N4O5. The van der Waals surface area contributed by atoms with Crippen LogP contribution in [-0.4, -0.2) is 27.4 Å². The number of nitrogens with zero attached hydrogens (tertiary/aromatic N) is 4. The third kappa shape index (κ3) is 5.44. The molecule has 0 amide bonds. The van der Waals surface area contributed by atoms with Crippen molar-refractivity contribution < 1.29 is 15.0 Å². The van der Waals surface area contributed by atoms with Gasteiger partial charge in [0.05, 0.1) is 9.85 Å². The zero-order chi connectivity index (χ0) is 32.7. The van der Waals surface area contributed by atoms with Crippen LogP contribution in [0.5, 0.6) is 5.75 Å². The fourth-order valence-corrected chi connectivity index (χ4v) is 6.51. The Balaban J connectivity index is 1.66. The largest absolute Gasteiger partial charge is 0.507 e. The Morgan fingerprint density at radius 1 is 0.756 bits per heavy atom. The number of halogens is 2. The SMILES string of the molecule is CCC(C)C1(c2cccc(C3(C(C)CC)C=C(c4ccc(Cl)c([N+](=O)[O-])c4)C=N3)c2O)C=C(c2ccc(Cl)c([N+](=O)[O-])c2)C=N1. The second-order valence-electron chi connectivity index (χ2n) is 11.5. The molecule has 45 heavy (non-hydrogen) atoms. The average molecular weight is 648 g/mol. The molecule has 0 spiro atoms. The molecule has 4 unspecified atom stereocenters. The molecule has 0 saturated heterocycles. The highest BCUT2D eigenvalue weighted by Gasteiger charge is 2.45. The van der Waals surface area contributed by atoms with Crippen molar-refractivity contribution in [2.24, 2.45) is 21.8 Å². The van der Waals surface area contributed by atoms with Gasteiger partial charge in [-0.05, 0) is 58.4 Å². The van der Waals surface area contributed by atoms with Crippen LogP contribution in [0.1, 0.15) is 62.8 Å². The van der Waals surface area contributed by atoms with Crippen molar-refractivity contribution in [1.82, 2.24) is 0 Å². The molecule has 0 saturated carbocycles. The minimum Gasteiger partial charge on any atom is -0.507 e. The van der Waals surface area contributed by atoms with E-state index < -0.39 is 20.9 Å². The lowest BCUT2D eigenvalue weighted by atomic mass is 9.72. The highest BCUT2D eigenvalue weighted by molar-refractivity contribution is 6.33.